The van der Waals surface area contributed by atoms with Crippen molar-refractivity contribution in [2.24, 2.45) is 5.92 Å². The van der Waals surface area contributed by atoms with Crippen molar-refractivity contribution < 1.29 is 9.53 Å². The van der Waals surface area contributed by atoms with Crippen LogP contribution in [0.4, 0.5) is 16.2 Å². The van der Waals surface area contributed by atoms with Gasteiger partial charge in [0.15, 0.2) is 0 Å². The van der Waals surface area contributed by atoms with Crippen molar-refractivity contribution in [2.45, 2.75) is 20.8 Å². The lowest BCUT2D eigenvalue weighted by Crippen LogP contribution is -2.32. The lowest BCUT2D eigenvalue weighted by atomic mass is 10.2. The largest absolute Gasteiger partial charge is 0.449 e. The summed E-state index contributed by atoms with van der Waals surface area (Å²) in [6.45, 7) is 6.93. The molecule has 0 fully saturated rings. The Morgan fingerprint density at radius 2 is 1.94 bits per heavy atom. The molecule has 0 atom stereocenters. The number of nitrogens with two attached hydrogens (primary N) is 1. The van der Waals surface area contributed by atoms with Gasteiger partial charge in [-0.25, -0.2) is 4.79 Å². The highest BCUT2D eigenvalue weighted by Crippen LogP contribution is 2.17. The maximum atomic E-state index is 11.8. The Morgan fingerprint density at radius 1 is 1.35 bits per heavy atom. The van der Waals surface area contributed by atoms with Gasteiger partial charge >= 0.3 is 6.09 Å². The van der Waals surface area contributed by atoms with E-state index < -0.39 is 0 Å². The number of amides is 1. The van der Waals surface area contributed by atoms with E-state index in [1.54, 1.807) is 17.0 Å². The van der Waals surface area contributed by atoms with Crippen LogP contribution in [-0.2, 0) is 4.74 Å². The van der Waals surface area contributed by atoms with Crippen LogP contribution in [0.2, 0.25) is 0 Å². The summed E-state index contributed by atoms with van der Waals surface area (Å²) >= 11 is 0. The van der Waals surface area contributed by atoms with Crippen LogP contribution >= 0.6 is 0 Å². The molecule has 1 aromatic carbocycles. The van der Waals surface area contributed by atoms with E-state index in [1.807, 2.05) is 32.9 Å². The van der Waals surface area contributed by atoms with E-state index in [2.05, 4.69) is 0 Å². The van der Waals surface area contributed by atoms with Crippen molar-refractivity contribution in [1.29, 1.82) is 0 Å². The molecule has 0 bridgehead atoms. The molecule has 0 aliphatic rings. The van der Waals surface area contributed by atoms with E-state index >= 15 is 0 Å². The third kappa shape index (κ3) is 3.98. The summed E-state index contributed by atoms with van der Waals surface area (Å²) in [5.74, 6) is 0.337. The molecule has 0 saturated carbocycles. The fraction of sp³-hybridized carbons (Fsp3) is 0.462. The Morgan fingerprint density at radius 3 is 2.41 bits per heavy atom. The smallest absolute Gasteiger partial charge is 0.414 e. The van der Waals surface area contributed by atoms with Crippen LogP contribution in [0.3, 0.4) is 0 Å². The van der Waals surface area contributed by atoms with Crippen molar-refractivity contribution in [3.63, 3.8) is 0 Å². The summed E-state index contributed by atoms with van der Waals surface area (Å²) < 4.78 is 5.20. The average Bonchev–Trinajstić information content (AvgIpc) is 2.30. The number of anilines is 2. The zero-order chi connectivity index (χ0) is 12.8. The van der Waals surface area contributed by atoms with Crippen LogP contribution in [0.1, 0.15) is 20.8 Å². The van der Waals surface area contributed by atoms with E-state index in [-0.39, 0.29) is 6.09 Å². The van der Waals surface area contributed by atoms with E-state index in [0.717, 1.165) is 5.69 Å². The van der Waals surface area contributed by atoms with Crippen molar-refractivity contribution in [1.82, 2.24) is 0 Å². The number of carbonyl (C=O) groups is 1. The summed E-state index contributed by atoms with van der Waals surface area (Å²) in [6.07, 6.45) is -0.314. The van der Waals surface area contributed by atoms with Gasteiger partial charge in [-0.1, -0.05) is 13.8 Å². The maximum Gasteiger partial charge on any atom is 0.414 e. The topological polar surface area (TPSA) is 55.6 Å². The number of nitrogen functional groups attached to an aromatic ring is 1. The molecule has 17 heavy (non-hydrogen) atoms. The molecule has 1 amide bonds. The first kappa shape index (κ1) is 13.4. The Labute approximate surface area is 102 Å². The summed E-state index contributed by atoms with van der Waals surface area (Å²) in [6, 6.07) is 7.17. The number of hydrogen-bond donors (Lipinski definition) is 1. The molecule has 0 saturated heterocycles. The molecule has 0 radical (unpaired) electrons. The quantitative estimate of drug-likeness (QED) is 0.818. The second-order valence-electron chi connectivity index (χ2n) is 4.31. The first-order chi connectivity index (χ1) is 8.04. The van der Waals surface area contributed by atoms with Crippen LogP contribution < -0.4 is 10.6 Å². The van der Waals surface area contributed by atoms with E-state index in [1.165, 1.54) is 0 Å². The minimum absolute atomic E-state index is 0.314. The minimum atomic E-state index is -0.314. The van der Waals surface area contributed by atoms with Crippen molar-refractivity contribution >= 4 is 17.5 Å². The first-order valence-corrected chi connectivity index (χ1v) is 5.84. The Hall–Kier alpha value is -1.71. The Kier molecular flexibility index (Phi) is 4.82. The van der Waals surface area contributed by atoms with Gasteiger partial charge in [0.25, 0.3) is 0 Å². The lowest BCUT2D eigenvalue weighted by Gasteiger charge is -2.21. The van der Waals surface area contributed by atoms with Crippen LogP contribution in [-0.4, -0.2) is 19.2 Å². The summed E-state index contributed by atoms with van der Waals surface area (Å²) in [5.41, 5.74) is 7.09. The predicted molar refractivity (Wildman–Crippen MR) is 70.1 cm³/mol. The number of hydrogen-bond acceptors (Lipinski definition) is 3. The highest BCUT2D eigenvalue weighted by molar-refractivity contribution is 5.87. The molecular weight excluding hydrogens is 216 g/mol. The molecule has 1 aromatic rings. The van der Waals surface area contributed by atoms with E-state index in [9.17, 15) is 4.79 Å². The second kappa shape index (κ2) is 6.13. The molecule has 2 N–H and O–H groups in total. The number of rotatable bonds is 4. The SMILES string of the molecule is CCN(C(=O)OCC(C)C)c1ccc(N)cc1. The van der Waals surface area contributed by atoms with E-state index in [4.69, 9.17) is 10.5 Å². The number of ether oxygens (including phenoxy) is 1. The molecule has 0 spiro atoms. The highest BCUT2D eigenvalue weighted by Gasteiger charge is 2.15. The zero-order valence-corrected chi connectivity index (χ0v) is 10.6. The Bertz CT molecular complexity index is 360. The number of benzene rings is 1. The van der Waals surface area contributed by atoms with Crippen LogP contribution in [0.15, 0.2) is 24.3 Å². The van der Waals surface area contributed by atoms with Gasteiger partial charge in [-0.2, -0.15) is 0 Å². The predicted octanol–water partition coefficient (Wildman–Crippen LogP) is 2.89. The second-order valence-corrected chi connectivity index (χ2v) is 4.31. The van der Waals surface area contributed by atoms with Gasteiger partial charge in [-0.05, 0) is 37.1 Å². The maximum absolute atomic E-state index is 11.8. The fourth-order valence-corrected chi connectivity index (χ4v) is 1.39. The van der Waals surface area contributed by atoms with Crippen molar-refractivity contribution in [2.75, 3.05) is 23.8 Å². The molecule has 94 valence electrons. The van der Waals surface area contributed by atoms with Gasteiger partial charge in [0, 0.05) is 17.9 Å². The average molecular weight is 236 g/mol. The molecule has 0 heterocycles. The summed E-state index contributed by atoms with van der Waals surface area (Å²) in [4.78, 5) is 13.4. The summed E-state index contributed by atoms with van der Waals surface area (Å²) in [7, 11) is 0. The fourth-order valence-electron chi connectivity index (χ4n) is 1.39. The van der Waals surface area contributed by atoms with Crippen LogP contribution in [0.25, 0.3) is 0 Å². The molecule has 4 heteroatoms. The molecular formula is C13H20N2O2. The van der Waals surface area contributed by atoms with Crippen LogP contribution in [0.5, 0.6) is 0 Å². The van der Waals surface area contributed by atoms with E-state index in [0.29, 0.717) is 24.8 Å². The standard InChI is InChI=1S/C13H20N2O2/c1-4-15(13(16)17-9-10(2)3)12-7-5-11(14)6-8-12/h5-8,10H,4,9,14H2,1-3H3. The molecule has 1 rings (SSSR count). The van der Waals surface area contributed by atoms with Gasteiger partial charge in [0.05, 0.1) is 6.61 Å². The lowest BCUT2D eigenvalue weighted by molar-refractivity contribution is 0.140. The molecule has 0 unspecified atom stereocenters. The zero-order valence-electron chi connectivity index (χ0n) is 10.6. The van der Waals surface area contributed by atoms with Gasteiger partial charge in [0.2, 0.25) is 0 Å². The first-order valence-electron chi connectivity index (χ1n) is 5.84. The summed E-state index contributed by atoms with van der Waals surface area (Å²) in [5, 5.41) is 0. The molecule has 0 aliphatic heterocycles. The minimum Gasteiger partial charge on any atom is -0.449 e. The van der Waals surface area contributed by atoms with Crippen LogP contribution in [0, 0.1) is 5.92 Å². The third-order valence-corrected chi connectivity index (χ3v) is 2.28. The molecule has 4 nitrogen and oxygen atoms in total. The molecule has 0 aliphatic carbocycles. The van der Waals surface area contributed by atoms with Gasteiger partial charge in [-0.15, -0.1) is 0 Å². The number of nitrogens with zero attached hydrogens (tertiary/aromatic N) is 1. The monoisotopic (exact) mass is 236 g/mol. The highest BCUT2D eigenvalue weighted by atomic mass is 16.6. The number of carbonyl (C=O) groups excluding carboxylic acids is 1. The van der Waals surface area contributed by atoms with Gasteiger partial charge in [0.1, 0.15) is 0 Å². The van der Waals surface area contributed by atoms with Crippen molar-refractivity contribution in [3.8, 4) is 0 Å². The van der Waals surface area contributed by atoms with Gasteiger partial charge in [-0.3, -0.25) is 4.90 Å². The van der Waals surface area contributed by atoms with Crippen molar-refractivity contribution in [3.05, 3.63) is 24.3 Å². The normalized spacial score (nSPS) is 10.4. The molecule has 0 aromatic heterocycles. The van der Waals surface area contributed by atoms with Gasteiger partial charge < -0.3 is 10.5 Å². The Balaban J connectivity index is 2.70. The third-order valence-electron chi connectivity index (χ3n) is 2.28.